The molecule has 0 radical (unpaired) electrons. The van der Waals surface area contributed by atoms with Crippen LogP contribution in [0.1, 0.15) is 49.9 Å². The molecule has 0 spiro atoms. The summed E-state index contributed by atoms with van der Waals surface area (Å²) in [6, 6.07) is 47.8. The molecule has 2 aliphatic rings. The van der Waals surface area contributed by atoms with Gasteiger partial charge in [-0.25, -0.2) is 0 Å². The molecule has 0 atom stereocenters. The summed E-state index contributed by atoms with van der Waals surface area (Å²) >= 11 is 0. The average molecular weight is 552 g/mol. The number of rotatable bonds is 2. The second kappa shape index (κ2) is 8.36. The maximum atomic E-state index is 2.45. The third-order valence-electron chi connectivity index (χ3n) is 10.4. The van der Waals surface area contributed by atoms with Gasteiger partial charge in [-0.05, 0) is 92.0 Å². The summed E-state index contributed by atoms with van der Waals surface area (Å²) in [5, 5.41) is 2.58. The first-order valence-corrected chi connectivity index (χ1v) is 15.4. The fourth-order valence-corrected chi connectivity index (χ4v) is 8.15. The second-order valence-corrected chi connectivity index (χ2v) is 13.4. The molecule has 2 aliphatic carbocycles. The third-order valence-corrected chi connectivity index (χ3v) is 10.4. The lowest BCUT2D eigenvalue weighted by molar-refractivity contribution is 0.660. The topological polar surface area (TPSA) is 4.93 Å². The number of hydrogen-bond donors (Lipinski definition) is 0. The summed E-state index contributed by atoms with van der Waals surface area (Å²) in [7, 11) is 0. The van der Waals surface area contributed by atoms with E-state index < -0.39 is 0 Å². The molecular formula is C42H33N. The van der Waals surface area contributed by atoms with Gasteiger partial charge in [0.25, 0.3) is 0 Å². The predicted molar refractivity (Wildman–Crippen MR) is 181 cm³/mol. The Morgan fingerprint density at radius 2 is 0.907 bits per heavy atom. The number of benzene rings is 6. The standard InChI is InChI=1S/C42H33N/c1-41(2)35-14-8-5-11-29(35)31-20-17-27(24-37(31)41)26-18-22-40-34(23-26)33-13-7-10-16-39(33)43(40)28-19-21-32-30-12-6-9-15-36(30)42(3,4)38(32)25-28/h5-25H,1-4H3. The summed E-state index contributed by atoms with van der Waals surface area (Å²) in [4.78, 5) is 0. The first-order chi connectivity index (χ1) is 20.8. The summed E-state index contributed by atoms with van der Waals surface area (Å²) < 4.78 is 2.45. The van der Waals surface area contributed by atoms with Crippen molar-refractivity contribution in [1.29, 1.82) is 0 Å². The molecule has 7 aromatic rings. The predicted octanol–water partition coefficient (Wildman–Crippen LogP) is 11.1. The van der Waals surface area contributed by atoms with E-state index in [0.29, 0.717) is 0 Å². The Balaban J connectivity index is 1.21. The number of aromatic nitrogens is 1. The van der Waals surface area contributed by atoms with Crippen molar-refractivity contribution in [3.8, 4) is 39.1 Å². The van der Waals surface area contributed by atoms with Crippen molar-refractivity contribution in [3.05, 3.63) is 150 Å². The van der Waals surface area contributed by atoms with Crippen molar-refractivity contribution in [1.82, 2.24) is 4.57 Å². The largest absolute Gasteiger partial charge is 0.309 e. The molecule has 0 aliphatic heterocycles. The van der Waals surface area contributed by atoms with E-state index in [1.165, 1.54) is 83.1 Å². The summed E-state index contributed by atoms with van der Waals surface area (Å²) in [5.74, 6) is 0. The highest BCUT2D eigenvalue weighted by Crippen LogP contribution is 2.51. The van der Waals surface area contributed by atoms with Crippen LogP contribution in [0.2, 0.25) is 0 Å². The van der Waals surface area contributed by atoms with Gasteiger partial charge in [0.1, 0.15) is 0 Å². The molecule has 43 heavy (non-hydrogen) atoms. The second-order valence-electron chi connectivity index (χ2n) is 13.4. The van der Waals surface area contributed by atoms with Crippen LogP contribution in [0, 0.1) is 0 Å². The van der Waals surface area contributed by atoms with Crippen LogP contribution < -0.4 is 0 Å². The van der Waals surface area contributed by atoms with Gasteiger partial charge in [0, 0.05) is 27.3 Å². The van der Waals surface area contributed by atoms with Crippen LogP contribution in [-0.4, -0.2) is 4.57 Å². The quantitative estimate of drug-likeness (QED) is 0.201. The first-order valence-electron chi connectivity index (χ1n) is 15.4. The van der Waals surface area contributed by atoms with E-state index in [9.17, 15) is 0 Å². The lowest BCUT2D eigenvalue weighted by Crippen LogP contribution is -2.15. The van der Waals surface area contributed by atoms with Crippen molar-refractivity contribution in [2.75, 3.05) is 0 Å². The van der Waals surface area contributed by atoms with E-state index in [1.54, 1.807) is 0 Å². The van der Waals surface area contributed by atoms with Crippen LogP contribution in [-0.2, 0) is 10.8 Å². The van der Waals surface area contributed by atoms with Gasteiger partial charge < -0.3 is 4.57 Å². The Bertz CT molecular complexity index is 2290. The number of nitrogens with zero attached hydrogens (tertiary/aromatic N) is 1. The Kier molecular flexibility index (Phi) is 4.80. The van der Waals surface area contributed by atoms with Crippen molar-refractivity contribution < 1.29 is 0 Å². The fourth-order valence-electron chi connectivity index (χ4n) is 8.15. The van der Waals surface area contributed by atoms with Crippen LogP contribution in [0.4, 0.5) is 0 Å². The maximum Gasteiger partial charge on any atom is 0.0541 e. The van der Waals surface area contributed by atoms with Gasteiger partial charge in [-0.1, -0.05) is 119 Å². The highest BCUT2D eigenvalue weighted by atomic mass is 15.0. The summed E-state index contributed by atoms with van der Waals surface area (Å²) in [6.45, 7) is 9.43. The van der Waals surface area contributed by atoms with E-state index in [-0.39, 0.29) is 10.8 Å². The molecule has 0 saturated carbocycles. The van der Waals surface area contributed by atoms with E-state index in [4.69, 9.17) is 0 Å². The van der Waals surface area contributed by atoms with E-state index in [0.717, 1.165) is 0 Å². The van der Waals surface area contributed by atoms with Crippen molar-refractivity contribution >= 4 is 21.8 Å². The Morgan fingerprint density at radius 3 is 1.63 bits per heavy atom. The molecule has 0 bridgehead atoms. The molecule has 0 fully saturated rings. The molecule has 1 heteroatoms. The molecule has 1 heterocycles. The highest BCUT2D eigenvalue weighted by Gasteiger charge is 2.36. The summed E-state index contributed by atoms with van der Waals surface area (Å²) in [6.07, 6.45) is 0. The average Bonchev–Trinajstić information content (AvgIpc) is 3.58. The van der Waals surface area contributed by atoms with Crippen LogP contribution in [0.3, 0.4) is 0 Å². The van der Waals surface area contributed by atoms with Gasteiger partial charge in [0.05, 0.1) is 11.0 Å². The zero-order valence-corrected chi connectivity index (χ0v) is 25.1. The number of hydrogen-bond acceptors (Lipinski definition) is 0. The Labute approximate surface area is 253 Å². The minimum atomic E-state index is -0.0329. The molecule has 0 unspecified atom stereocenters. The number of para-hydroxylation sites is 1. The molecule has 9 rings (SSSR count). The van der Waals surface area contributed by atoms with Crippen molar-refractivity contribution in [2.45, 2.75) is 38.5 Å². The SMILES string of the molecule is CC1(C)c2ccccc2-c2ccc(-c3ccc4c(c3)c3ccccc3n4-c3ccc4c(c3)C(C)(C)c3ccccc3-4)cc21. The van der Waals surface area contributed by atoms with Crippen LogP contribution >= 0.6 is 0 Å². The maximum absolute atomic E-state index is 2.45. The molecule has 6 aromatic carbocycles. The van der Waals surface area contributed by atoms with E-state index in [1.807, 2.05) is 0 Å². The van der Waals surface area contributed by atoms with Crippen LogP contribution in [0.15, 0.2) is 127 Å². The lowest BCUT2D eigenvalue weighted by Gasteiger charge is -2.22. The van der Waals surface area contributed by atoms with Gasteiger partial charge in [-0.15, -0.1) is 0 Å². The molecule has 0 saturated heterocycles. The molecule has 1 nitrogen and oxygen atoms in total. The van der Waals surface area contributed by atoms with Gasteiger partial charge in [0.2, 0.25) is 0 Å². The minimum absolute atomic E-state index is 0.0108. The Hall–Kier alpha value is -4.88. The van der Waals surface area contributed by atoms with Gasteiger partial charge in [-0.2, -0.15) is 0 Å². The zero-order chi connectivity index (χ0) is 29.1. The lowest BCUT2D eigenvalue weighted by atomic mass is 9.81. The third kappa shape index (κ3) is 3.23. The van der Waals surface area contributed by atoms with Crippen molar-refractivity contribution in [3.63, 3.8) is 0 Å². The smallest absolute Gasteiger partial charge is 0.0541 e. The van der Waals surface area contributed by atoms with Crippen LogP contribution in [0.5, 0.6) is 0 Å². The van der Waals surface area contributed by atoms with Crippen molar-refractivity contribution in [2.24, 2.45) is 0 Å². The minimum Gasteiger partial charge on any atom is -0.309 e. The monoisotopic (exact) mass is 551 g/mol. The zero-order valence-electron chi connectivity index (χ0n) is 25.1. The highest BCUT2D eigenvalue weighted by molar-refractivity contribution is 6.10. The first kappa shape index (κ1) is 24.7. The Morgan fingerprint density at radius 1 is 0.395 bits per heavy atom. The van der Waals surface area contributed by atoms with Crippen LogP contribution in [0.25, 0.3) is 60.9 Å². The van der Waals surface area contributed by atoms with Gasteiger partial charge >= 0.3 is 0 Å². The molecule has 0 N–H and O–H groups in total. The molecular weight excluding hydrogens is 518 g/mol. The van der Waals surface area contributed by atoms with Gasteiger partial charge in [-0.3, -0.25) is 0 Å². The van der Waals surface area contributed by atoms with Gasteiger partial charge in [0.15, 0.2) is 0 Å². The molecule has 0 amide bonds. The fraction of sp³-hybridized carbons (Fsp3) is 0.143. The molecule has 206 valence electrons. The van der Waals surface area contributed by atoms with E-state index >= 15 is 0 Å². The normalized spacial score (nSPS) is 15.3. The summed E-state index contributed by atoms with van der Waals surface area (Å²) in [5.41, 5.74) is 17.3. The number of fused-ring (bicyclic) bond motifs is 9. The van der Waals surface area contributed by atoms with E-state index in [2.05, 4.69) is 160 Å². The molecule has 1 aromatic heterocycles.